The maximum atomic E-state index is 12.6. The molecule has 4 nitrogen and oxygen atoms in total. The van der Waals surface area contributed by atoms with Crippen molar-refractivity contribution in [2.45, 2.75) is 19.8 Å². The lowest BCUT2D eigenvalue weighted by atomic mass is 10.1. The lowest BCUT2D eigenvalue weighted by molar-refractivity contribution is 0.108. The van der Waals surface area contributed by atoms with E-state index >= 15 is 0 Å². The van der Waals surface area contributed by atoms with E-state index < -0.39 is 5.24 Å². The Morgan fingerprint density at radius 3 is 2.70 bits per heavy atom. The van der Waals surface area contributed by atoms with Crippen molar-refractivity contribution >= 4 is 38.8 Å². The van der Waals surface area contributed by atoms with Crippen molar-refractivity contribution < 1.29 is 13.9 Å². The van der Waals surface area contributed by atoms with Gasteiger partial charge in [-0.3, -0.25) is 9.59 Å². The van der Waals surface area contributed by atoms with Crippen LogP contribution in [0.4, 0.5) is 0 Å². The summed E-state index contributed by atoms with van der Waals surface area (Å²) >= 11 is 5.47. The highest BCUT2D eigenvalue weighted by molar-refractivity contribution is 6.67. The molecule has 0 bridgehead atoms. The van der Waals surface area contributed by atoms with Gasteiger partial charge in [0.05, 0.1) is 17.4 Å². The summed E-state index contributed by atoms with van der Waals surface area (Å²) in [5.41, 5.74) is 0.926. The van der Waals surface area contributed by atoms with Crippen molar-refractivity contribution in [3.63, 3.8) is 0 Å². The quantitative estimate of drug-likeness (QED) is 0.392. The summed E-state index contributed by atoms with van der Waals surface area (Å²) in [5, 5.41) is 0.274. The molecule has 0 aliphatic rings. The van der Waals surface area contributed by atoms with Gasteiger partial charge in [0.1, 0.15) is 16.9 Å². The summed E-state index contributed by atoms with van der Waals surface area (Å²) in [6.07, 6.45) is 2.00. The Morgan fingerprint density at radius 1 is 1.13 bits per heavy atom. The lowest BCUT2D eigenvalue weighted by Gasteiger charge is -2.07. The molecule has 23 heavy (non-hydrogen) atoms. The third kappa shape index (κ3) is 3.08. The molecule has 0 fully saturated rings. The summed E-state index contributed by atoms with van der Waals surface area (Å²) in [6, 6.07) is 9.72. The maximum absolute atomic E-state index is 12.6. The van der Waals surface area contributed by atoms with Gasteiger partial charge in [-0.2, -0.15) is 0 Å². The Balaban J connectivity index is 2.12. The Kier molecular flexibility index (Phi) is 4.35. The molecular weight excluding hydrogens is 316 g/mol. The Labute approximate surface area is 137 Å². The first-order valence-corrected chi connectivity index (χ1v) is 7.81. The van der Waals surface area contributed by atoms with E-state index in [1.807, 2.05) is 0 Å². The minimum Gasteiger partial charge on any atom is -0.494 e. The molecule has 0 amide bonds. The number of ether oxygens (including phenoxy) is 1. The zero-order valence-corrected chi connectivity index (χ0v) is 13.4. The SMILES string of the molecule is CCCCOc1ccc2oc3cc(C(=O)Cl)ccc3c(=O)c2c1. The average Bonchev–Trinajstić information content (AvgIpc) is 2.55. The number of unbranched alkanes of at least 4 members (excludes halogenated alkanes) is 1. The number of fused-ring (bicyclic) bond motifs is 2. The van der Waals surface area contributed by atoms with E-state index in [4.69, 9.17) is 20.8 Å². The topological polar surface area (TPSA) is 56.5 Å². The summed E-state index contributed by atoms with van der Waals surface area (Å²) in [4.78, 5) is 23.9. The van der Waals surface area contributed by atoms with Crippen LogP contribution in [0.5, 0.6) is 5.75 Å². The van der Waals surface area contributed by atoms with Crippen LogP contribution in [0.25, 0.3) is 21.9 Å². The molecular formula is C18H15ClO4. The first-order valence-electron chi connectivity index (χ1n) is 7.43. The fourth-order valence-electron chi connectivity index (χ4n) is 2.38. The molecule has 0 unspecified atom stereocenters. The molecule has 0 aliphatic carbocycles. The predicted molar refractivity (Wildman–Crippen MR) is 90.6 cm³/mol. The molecule has 0 N–H and O–H groups in total. The van der Waals surface area contributed by atoms with Crippen molar-refractivity contribution in [1.29, 1.82) is 0 Å². The summed E-state index contributed by atoms with van der Waals surface area (Å²) < 4.78 is 11.4. The van der Waals surface area contributed by atoms with Crippen molar-refractivity contribution in [3.05, 3.63) is 52.2 Å². The van der Waals surface area contributed by atoms with Gasteiger partial charge in [-0.25, -0.2) is 0 Å². The Hall–Kier alpha value is -2.33. The largest absolute Gasteiger partial charge is 0.494 e. The second kappa shape index (κ2) is 6.42. The molecule has 0 atom stereocenters. The normalized spacial score (nSPS) is 11.0. The molecule has 3 rings (SSSR count). The molecule has 1 heterocycles. The van der Waals surface area contributed by atoms with E-state index in [9.17, 15) is 9.59 Å². The van der Waals surface area contributed by atoms with Crippen LogP contribution in [0.3, 0.4) is 0 Å². The van der Waals surface area contributed by atoms with Gasteiger partial charge in [-0.1, -0.05) is 13.3 Å². The van der Waals surface area contributed by atoms with E-state index in [1.54, 1.807) is 24.3 Å². The number of hydrogen-bond acceptors (Lipinski definition) is 4. The number of hydrogen-bond donors (Lipinski definition) is 0. The summed E-state index contributed by atoms with van der Waals surface area (Å²) in [6.45, 7) is 2.70. The number of carbonyl (C=O) groups is 1. The first kappa shape index (κ1) is 15.6. The van der Waals surface area contributed by atoms with E-state index in [2.05, 4.69) is 6.92 Å². The molecule has 1 aromatic heterocycles. The third-order valence-corrected chi connectivity index (χ3v) is 3.85. The monoisotopic (exact) mass is 330 g/mol. The Bertz CT molecular complexity index is 943. The molecule has 3 aromatic rings. The van der Waals surface area contributed by atoms with Gasteiger partial charge in [0.25, 0.3) is 5.24 Å². The standard InChI is InChI=1S/C18H15ClO4/c1-2-3-8-22-12-5-7-15-14(10-12)17(20)13-6-4-11(18(19)21)9-16(13)23-15/h4-7,9-10H,2-3,8H2,1H3. The minimum atomic E-state index is -0.589. The zero-order chi connectivity index (χ0) is 16.4. The van der Waals surface area contributed by atoms with Crippen LogP contribution in [-0.2, 0) is 0 Å². The van der Waals surface area contributed by atoms with Crippen molar-refractivity contribution in [2.75, 3.05) is 6.61 Å². The predicted octanol–water partition coefficient (Wildman–Crippen LogP) is 4.50. The molecule has 0 aliphatic heterocycles. The average molecular weight is 331 g/mol. The first-order chi connectivity index (χ1) is 11.1. The second-order valence-corrected chi connectivity index (χ2v) is 5.62. The van der Waals surface area contributed by atoms with Crippen molar-refractivity contribution in [2.24, 2.45) is 0 Å². The van der Waals surface area contributed by atoms with Crippen LogP contribution >= 0.6 is 11.6 Å². The van der Waals surface area contributed by atoms with Gasteiger partial charge in [-0.15, -0.1) is 0 Å². The molecule has 0 spiro atoms. The smallest absolute Gasteiger partial charge is 0.252 e. The van der Waals surface area contributed by atoms with Crippen LogP contribution in [0.1, 0.15) is 30.1 Å². The molecule has 118 valence electrons. The van der Waals surface area contributed by atoms with Gasteiger partial charge in [-0.05, 0) is 54.4 Å². The van der Waals surface area contributed by atoms with Gasteiger partial charge >= 0.3 is 0 Å². The van der Waals surface area contributed by atoms with E-state index in [-0.39, 0.29) is 5.43 Å². The highest BCUT2D eigenvalue weighted by Crippen LogP contribution is 2.24. The van der Waals surface area contributed by atoms with Gasteiger partial charge in [0, 0.05) is 5.56 Å². The van der Waals surface area contributed by atoms with Crippen LogP contribution in [0, 0.1) is 0 Å². The van der Waals surface area contributed by atoms with Gasteiger partial charge < -0.3 is 9.15 Å². The van der Waals surface area contributed by atoms with Crippen LogP contribution in [-0.4, -0.2) is 11.8 Å². The van der Waals surface area contributed by atoms with Crippen molar-refractivity contribution in [1.82, 2.24) is 0 Å². The maximum Gasteiger partial charge on any atom is 0.252 e. The van der Waals surface area contributed by atoms with Crippen molar-refractivity contribution in [3.8, 4) is 5.75 Å². The zero-order valence-electron chi connectivity index (χ0n) is 12.6. The van der Waals surface area contributed by atoms with Gasteiger partial charge in [0.15, 0.2) is 0 Å². The molecule has 0 radical (unpaired) electrons. The second-order valence-electron chi connectivity index (χ2n) is 5.28. The van der Waals surface area contributed by atoms with Crippen LogP contribution in [0.2, 0.25) is 0 Å². The third-order valence-electron chi connectivity index (χ3n) is 3.64. The number of rotatable bonds is 5. The fraction of sp³-hybridized carbons (Fsp3) is 0.222. The van der Waals surface area contributed by atoms with E-state index in [0.717, 1.165) is 12.8 Å². The minimum absolute atomic E-state index is 0.157. The van der Waals surface area contributed by atoms with Crippen LogP contribution < -0.4 is 10.2 Å². The molecule has 5 heteroatoms. The van der Waals surface area contributed by atoms with Gasteiger partial charge in [0.2, 0.25) is 5.43 Å². The highest BCUT2D eigenvalue weighted by Gasteiger charge is 2.11. The Morgan fingerprint density at radius 2 is 1.96 bits per heavy atom. The highest BCUT2D eigenvalue weighted by atomic mass is 35.5. The van der Waals surface area contributed by atoms with E-state index in [1.165, 1.54) is 12.1 Å². The number of halogens is 1. The van der Waals surface area contributed by atoms with Crippen LogP contribution in [0.15, 0.2) is 45.6 Å². The molecule has 2 aromatic carbocycles. The molecule has 0 saturated carbocycles. The van der Waals surface area contributed by atoms with E-state index in [0.29, 0.717) is 39.9 Å². The number of benzene rings is 2. The molecule has 0 saturated heterocycles. The fourth-order valence-corrected chi connectivity index (χ4v) is 2.50. The summed E-state index contributed by atoms with van der Waals surface area (Å²) in [5.74, 6) is 0.644. The lowest BCUT2D eigenvalue weighted by Crippen LogP contribution is -2.04. The summed E-state index contributed by atoms with van der Waals surface area (Å²) in [7, 11) is 0. The number of carbonyl (C=O) groups excluding carboxylic acids is 1.